The molecule has 2 N–H and O–H groups in total. The molecule has 0 unspecified atom stereocenters. The summed E-state index contributed by atoms with van der Waals surface area (Å²) in [7, 11) is 1.58. The maximum Gasteiger partial charge on any atom is 0.230 e. The molecule has 0 aliphatic rings. The predicted octanol–water partition coefficient (Wildman–Crippen LogP) is 3.32. The molecule has 6 heteroatoms. The van der Waals surface area contributed by atoms with E-state index in [0.717, 1.165) is 5.75 Å². The summed E-state index contributed by atoms with van der Waals surface area (Å²) in [5.41, 5.74) is 1.89. The highest BCUT2D eigenvalue weighted by atomic mass is 16.5. The SMILES string of the molecule is COc1ccc(NC(=O)CC(C)=N/C(=N\O)c2ccccc2)cc1. The van der Waals surface area contributed by atoms with Gasteiger partial charge in [-0.3, -0.25) is 4.79 Å². The topological polar surface area (TPSA) is 83.3 Å². The molecule has 24 heavy (non-hydrogen) atoms. The lowest BCUT2D eigenvalue weighted by atomic mass is 10.2. The molecule has 2 aromatic carbocycles. The first-order valence-electron chi connectivity index (χ1n) is 7.38. The van der Waals surface area contributed by atoms with Crippen molar-refractivity contribution in [2.75, 3.05) is 12.4 Å². The molecule has 0 aliphatic heterocycles. The average Bonchev–Trinajstić information content (AvgIpc) is 2.61. The first kappa shape index (κ1) is 17.2. The average molecular weight is 325 g/mol. The van der Waals surface area contributed by atoms with E-state index in [-0.39, 0.29) is 18.2 Å². The number of amides is 1. The first-order chi connectivity index (χ1) is 11.6. The van der Waals surface area contributed by atoms with Crippen LogP contribution in [0, 0.1) is 0 Å². The van der Waals surface area contributed by atoms with Crippen LogP contribution in [0.4, 0.5) is 5.69 Å². The van der Waals surface area contributed by atoms with Crippen LogP contribution in [0.3, 0.4) is 0 Å². The Morgan fingerprint density at radius 2 is 1.79 bits per heavy atom. The molecular formula is C18H19N3O3. The summed E-state index contributed by atoms with van der Waals surface area (Å²) in [5.74, 6) is 0.689. The number of aliphatic imine (C=N–C) groups is 1. The first-order valence-corrected chi connectivity index (χ1v) is 7.38. The number of rotatable bonds is 5. The van der Waals surface area contributed by atoms with Crippen molar-refractivity contribution in [2.45, 2.75) is 13.3 Å². The van der Waals surface area contributed by atoms with E-state index in [1.807, 2.05) is 18.2 Å². The van der Waals surface area contributed by atoms with E-state index in [1.54, 1.807) is 50.4 Å². The van der Waals surface area contributed by atoms with Crippen LogP contribution in [0.25, 0.3) is 0 Å². The van der Waals surface area contributed by atoms with Gasteiger partial charge in [0.05, 0.1) is 13.5 Å². The Balaban J connectivity index is 1.99. The fourth-order valence-corrected chi connectivity index (χ4v) is 2.06. The Morgan fingerprint density at radius 1 is 1.12 bits per heavy atom. The van der Waals surface area contributed by atoms with Crippen LogP contribution in [0.2, 0.25) is 0 Å². The van der Waals surface area contributed by atoms with Gasteiger partial charge < -0.3 is 15.3 Å². The van der Waals surface area contributed by atoms with E-state index >= 15 is 0 Å². The largest absolute Gasteiger partial charge is 0.497 e. The fraction of sp³-hybridized carbons (Fsp3) is 0.167. The molecule has 0 saturated carbocycles. The number of benzene rings is 2. The highest BCUT2D eigenvalue weighted by molar-refractivity contribution is 6.12. The van der Waals surface area contributed by atoms with Gasteiger partial charge in [0, 0.05) is 17.0 Å². The van der Waals surface area contributed by atoms with Gasteiger partial charge in [-0.25, -0.2) is 4.99 Å². The molecular weight excluding hydrogens is 306 g/mol. The molecule has 6 nitrogen and oxygen atoms in total. The van der Waals surface area contributed by atoms with Crippen LogP contribution in [0.1, 0.15) is 18.9 Å². The Labute approximate surface area is 140 Å². The number of carbonyl (C=O) groups is 1. The Bertz CT molecular complexity index is 738. The van der Waals surface area contributed by atoms with Gasteiger partial charge in [-0.05, 0) is 31.2 Å². The molecule has 124 valence electrons. The van der Waals surface area contributed by atoms with E-state index in [9.17, 15) is 4.79 Å². The molecule has 0 bridgehead atoms. The van der Waals surface area contributed by atoms with Crippen LogP contribution in [0.15, 0.2) is 64.7 Å². The summed E-state index contributed by atoms with van der Waals surface area (Å²) in [6.45, 7) is 1.71. The zero-order valence-electron chi connectivity index (χ0n) is 13.6. The van der Waals surface area contributed by atoms with Crippen molar-refractivity contribution in [3.05, 3.63) is 60.2 Å². The number of oxime groups is 1. The number of nitrogens with zero attached hydrogens (tertiary/aromatic N) is 2. The molecule has 2 rings (SSSR count). The number of anilines is 1. The molecule has 1 amide bonds. The second-order valence-electron chi connectivity index (χ2n) is 5.09. The third-order valence-corrected chi connectivity index (χ3v) is 3.21. The van der Waals surface area contributed by atoms with Gasteiger partial charge >= 0.3 is 0 Å². The lowest BCUT2D eigenvalue weighted by Crippen LogP contribution is -2.16. The molecule has 0 aliphatic carbocycles. The van der Waals surface area contributed by atoms with Crippen molar-refractivity contribution in [3.8, 4) is 5.75 Å². The van der Waals surface area contributed by atoms with E-state index in [4.69, 9.17) is 9.94 Å². The summed E-state index contributed by atoms with van der Waals surface area (Å²) < 4.78 is 5.07. The minimum Gasteiger partial charge on any atom is -0.497 e. The van der Waals surface area contributed by atoms with Gasteiger partial charge in [-0.2, -0.15) is 0 Å². The van der Waals surface area contributed by atoms with Crippen LogP contribution < -0.4 is 10.1 Å². The number of nitrogens with one attached hydrogen (secondary N) is 1. The van der Waals surface area contributed by atoms with Gasteiger partial charge in [-0.15, -0.1) is 0 Å². The second kappa shape index (κ2) is 8.47. The van der Waals surface area contributed by atoms with Crippen molar-refractivity contribution >= 4 is 23.1 Å². The lowest BCUT2D eigenvalue weighted by Gasteiger charge is -2.06. The quantitative estimate of drug-likeness (QED) is 0.383. The number of carbonyl (C=O) groups excluding carboxylic acids is 1. The van der Waals surface area contributed by atoms with E-state index in [2.05, 4.69) is 15.5 Å². The lowest BCUT2D eigenvalue weighted by molar-refractivity contribution is -0.115. The molecule has 0 spiro atoms. The minimum atomic E-state index is -0.202. The summed E-state index contributed by atoms with van der Waals surface area (Å²) in [4.78, 5) is 16.3. The van der Waals surface area contributed by atoms with Gasteiger partial charge in [0.1, 0.15) is 5.75 Å². The van der Waals surface area contributed by atoms with Crippen molar-refractivity contribution in [1.29, 1.82) is 0 Å². The number of methoxy groups -OCH3 is 1. The monoisotopic (exact) mass is 325 g/mol. The maximum absolute atomic E-state index is 12.1. The van der Waals surface area contributed by atoms with Crippen molar-refractivity contribution in [1.82, 2.24) is 0 Å². The normalized spacial score (nSPS) is 11.9. The number of amidine groups is 1. The van der Waals surface area contributed by atoms with Gasteiger partial charge in [0.25, 0.3) is 0 Å². The van der Waals surface area contributed by atoms with Gasteiger partial charge in [0.15, 0.2) is 5.84 Å². The Morgan fingerprint density at radius 3 is 2.38 bits per heavy atom. The number of hydrogen-bond donors (Lipinski definition) is 2. The van der Waals surface area contributed by atoms with Crippen LogP contribution in [-0.2, 0) is 4.79 Å². The zero-order valence-corrected chi connectivity index (χ0v) is 13.6. The van der Waals surface area contributed by atoms with E-state index in [1.165, 1.54) is 0 Å². The van der Waals surface area contributed by atoms with Crippen molar-refractivity contribution in [3.63, 3.8) is 0 Å². The Hall–Kier alpha value is -3.15. The fourth-order valence-electron chi connectivity index (χ4n) is 2.06. The maximum atomic E-state index is 12.1. The van der Waals surface area contributed by atoms with Crippen LogP contribution in [-0.4, -0.2) is 29.8 Å². The summed E-state index contributed by atoms with van der Waals surface area (Å²) in [5, 5.41) is 15.1. The third-order valence-electron chi connectivity index (χ3n) is 3.21. The molecule has 0 fully saturated rings. The number of ether oxygens (including phenoxy) is 1. The Kier molecular flexibility index (Phi) is 6.08. The van der Waals surface area contributed by atoms with Crippen molar-refractivity contribution < 1.29 is 14.7 Å². The standard InChI is InChI=1S/C18H19N3O3/c1-13(19-18(21-23)14-6-4-3-5-7-14)12-17(22)20-15-8-10-16(24-2)11-9-15/h3-11,23H,12H2,1-2H3,(H,20,22)/b19-13?,21-18-. The smallest absolute Gasteiger partial charge is 0.230 e. The van der Waals surface area contributed by atoms with Gasteiger partial charge in [-0.1, -0.05) is 35.5 Å². The van der Waals surface area contributed by atoms with Crippen molar-refractivity contribution in [2.24, 2.45) is 10.1 Å². The third kappa shape index (κ3) is 4.95. The zero-order chi connectivity index (χ0) is 17.4. The molecule has 0 saturated heterocycles. The minimum absolute atomic E-state index is 0.0951. The highest BCUT2D eigenvalue weighted by Crippen LogP contribution is 2.15. The molecule has 0 aromatic heterocycles. The second-order valence-corrected chi connectivity index (χ2v) is 5.09. The summed E-state index contributed by atoms with van der Waals surface area (Å²) >= 11 is 0. The van der Waals surface area contributed by atoms with Crippen LogP contribution in [0.5, 0.6) is 5.75 Å². The molecule has 0 atom stereocenters. The predicted molar refractivity (Wildman–Crippen MR) is 94.1 cm³/mol. The van der Waals surface area contributed by atoms with E-state index in [0.29, 0.717) is 17.0 Å². The summed E-state index contributed by atoms with van der Waals surface area (Å²) in [6.07, 6.45) is 0.0951. The number of hydrogen-bond acceptors (Lipinski definition) is 4. The van der Waals surface area contributed by atoms with Gasteiger partial charge in [0.2, 0.25) is 5.91 Å². The highest BCUT2D eigenvalue weighted by Gasteiger charge is 2.08. The molecule has 0 radical (unpaired) electrons. The van der Waals surface area contributed by atoms with E-state index < -0.39 is 0 Å². The molecule has 2 aromatic rings. The van der Waals surface area contributed by atoms with Crippen LogP contribution >= 0.6 is 0 Å². The summed E-state index contributed by atoms with van der Waals surface area (Å²) in [6, 6.07) is 16.1. The molecule has 0 heterocycles.